The van der Waals surface area contributed by atoms with Crippen molar-refractivity contribution in [1.82, 2.24) is 24.8 Å². The molecule has 3 aromatic carbocycles. The Morgan fingerprint density at radius 2 is 1.69 bits per heavy atom. The molecule has 14 heteroatoms. The maximum atomic E-state index is 14.2. The molecule has 4 aromatic rings. The number of halogens is 1. The Morgan fingerprint density at radius 1 is 0.979 bits per heavy atom. The molecular weight excluding hydrogens is 619 g/mol. The first-order valence-electron chi connectivity index (χ1n) is 15.6. The Hall–Kier alpha value is -5.37. The number of hydrogen-bond acceptors (Lipinski definition) is 8. The zero-order valence-corrected chi connectivity index (χ0v) is 27.8. The molecule has 0 aliphatic carbocycles. The maximum Gasteiger partial charge on any atom is 0.327 e. The number of ether oxygens (including phenoxy) is 2. The molecule has 1 aliphatic heterocycles. The van der Waals surface area contributed by atoms with Gasteiger partial charge in [0, 0.05) is 37.9 Å². The summed E-state index contributed by atoms with van der Waals surface area (Å²) in [5, 5.41) is 8.06. The second-order valence-electron chi connectivity index (χ2n) is 11.6. The minimum absolute atomic E-state index is 0.163. The van der Waals surface area contributed by atoms with E-state index in [1.165, 1.54) is 48.1 Å². The van der Waals surface area contributed by atoms with Gasteiger partial charge in [-0.15, -0.1) is 0 Å². The zero-order chi connectivity index (χ0) is 34.4. The van der Waals surface area contributed by atoms with Crippen molar-refractivity contribution in [3.63, 3.8) is 0 Å². The number of fused-ring (bicyclic) bond motifs is 1. The van der Waals surface area contributed by atoms with Crippen molar-refractivity contribution in [2.75, 3.05) is 82.8 Å². The Kier molecular flexibility index (Phi) is 10.6. The second kappa shape index (κ2) is 15.0. The van der Waals surface area contributed by atoms with Crippen molar-refractivity contribution in [2.45, 2.75) is 13.0 Å². The third kappa shape index (κ3) is 7.44. The van der Waals surface area contributed by atoms with Gasteiger partial charge < -0.3 is 34.9 Å². The maximum absolute atomic E-state index is 14.2. The normalized spacial score (nSPS) is 13.7. The smallest absolute Gasteiger partial charge is 0.327 e. The van der Waals surface area contributed by atoms with Crippen LogP contribution >= 0.6 is 0 Å². The Morgan fingerprint density at radius 3 is 2.35 bits per heavy atom. The minimum Gasteiger partial charge on any atom is -0.497 e. The number of para-hydroxylation sites is 1. The monoisotopic (exact) mass is 660 g/mol. The number of nitrogens with zero attached hydrogens (tertiary/aromatic N) is 6. The number of nitrogens with one attached hydrogen (secondary N) is 2. The van der Waals surface area contributed by atoms with Gasteiger partial charge in [0.15, 0.2) is 5.82 Å². The fourth-order valence-corrected chi connectivity index (χ4v) is 5.59. The Labute approximate surface area is 278 Å². The van der Waals surface area contributed by atoms with Crippen LogP contribution in [0.1, 0.15) is 18.8 Å². The SMILES string of the molecule is COc1ccc(N(C(=O)Nc2ccc(F)cc2)C(C)c2nc3ccccc3c(=O)n2N2CCN(C(=O)NCCN(C)C)CC2)c(OC)c1. The number of urea groups is 2. The number of carbonyl (C=O) groups is 2. The van der Waals surface area contributed by atoms with E-state index in [1.807, 2.05) is 24.0 Å². The van der Waals surface area contributed by atoms with E-state index >= 15 is 0 Å². The van der Waals surface area contributed by atoms with Gasteiger partial charge in [0.2, 0.25) is 0 Å². The van der Waals surface area contributed by atoms with E-state index in [1.54, 1.807) is 54.3 Å². The van der Waals surface area contributed by atoms with Gasteiger partial charge in [-0.1, -0.05) is 12.1 Å². The molecule has 1 atom stereocenters. The summed E-state index contributed by atoms with van der Waals surface area (Å²) in [5.41, 5.74) is 0.931. The first-order valence-corrected chi connectivity index (χ1v) is 15.6. The molecule has 2 N–H and O–H groups in total. The topological polar surface area (TPSA) is 125 Å². The van der Waals surface area contributed by atoms with Crippen LogP contribution in [0.4, 0.5) is 25.4 Å². The molecule has 0 bridgehead atoms. The van der Waals surface area contributed by atoms with Crippen LogP contribution in [0.25, 0.3) is 10.9 Å². The summed E-state index contributed by atoms with van der Waals surface area (Å²) >= 11 is 0. The van der Waals surface area contributed by atoms with Gasteiger partial charge in [0.1, 0.15) is 17.3 Å². The standard InChI is InChI=1S/C34H41FN8O5/c1-23(42(29-15-14-26(47-4)22-30(29)48-5)34(46)37-25-12-10-24(35)11-13-25)31-38-28-9-7-6-8-27(28)32(44)43(31)41-20-18-40(19-21-41)33(45)36-16-17-39(2)3/h6-15,22-23H,16-21H2,1-5H3,(H,36,45)(H,37,46). The van der Waals surface area contributed by atoms with Crippen LogP contribution in [0.5, 0.6) is 11.5 Å². The van der Waals surface area contributed by atoms with Crippen molar-refractivity contribution >= 4 is 34.3 Å². The van der Waals surface area contributed by atoms with Gasteiger partial charge in [-0.25, -0.2) is 23.6 Å². The van der Waals surface area contributed by atoms with Crippen LogP contribution in [0.2, 0.25) is 0 Å². The fourth-order valence-electron chi connectivity index (χ4n) is 5.59. The van der Waals surface area contributed by atoms with Crippen molar-refractivity contribution in [3.05, 3.63) is 88.7 Å². The van der Waals surface area contributed by atoms with Gasteiger partial charge in [-0.2, -0.15) is 0 Å². The number of rotatable bonds is 10. The van der Waals surface area contributed by atoms with Crippen molar-refractivity contribution in [1.29, 1.82) is 0 Å². The predicted octanol–water partition coefficient (Wildman–Crippen LogP) is 3.88. The lowest BCUT2D eigenvalue weighted by atomic mass is 10.1. The highest BCUT2D eigenvalue weighted by molar-refractivity contribution is 6.03. The molecule has 1 aliphatic rings. The van der Waals surface area contributed by atoms with E-state index in [0.29, 0.717) is 72.3 Å². The predicted molar refractivity (Wildman–Crippen MR) is 183 cm³/mol. The average Bonchev–Trinajstić information content (AvgIpc) is 3.09. The molecule has 254 valence electrons. The molecule has 0 spiro atoms. The number of aromatic nitrogens is 2. The number of hydrogen-bond donors (Lipinski definition) is 2. The van der Waals surface area contributed by atoms with Crippen molar-refractivity contribution in [3.8, 4) is 11.5 Å². The number of anilines is 2. The van der Waals surface area contributed by atoms with Crippen LogP contribution in [0.15, 0.2) is 71.5 Å². The Balaban J connectivity index is 1.55. The third-order valence-electron chi connectivity index (χ3n) is 8.16. The summed E-state index contributed by atoms with van der Waals surface area (Å²) in [5.74, 6) is 0.728. The van der Waals surface area contributed by atoms with Crippen molar-refractivity contribution < 1.29 is 23.5 Å². The van der Waals surface area contributed by atoms with E-state index in [0.717, 1.165) is 6.54 Å². The molecule has 48 heavy (non-hydrogen) atoms. The van der Waals surface area contributed by atoms with Crippen LogP contribution in [-0.2, 0) is 0 Å². The lowest BCUT2D eigenvalue weighted by Crippen LogP contribution is -2.58. The summed E-state index contributed by atoms with van der Waals surface area (Å²) in [7, 11) is 6.90. The number of methoxy groups -OCH3 is 2. The summed E-state index contributed by atoms with van der Waals surface area (Å²) in [6.07, 6.45) is 0. The van der Waals surface area contributed by atoms with Crippen LogP contribution in [0, 0.1) is 5.82 Å². The lowest BCUT2D eigenvalue weighted by Gasteiger charge is -2.39. The Bertz CT molecular complexity index is 1810. The fraction of sp³-hybridized carbons (Fsp3) is 0.353. The molecule has 0 radical (unpaired) electrons. The quantitative estimate of drug-likeness (QED) is 0.263. The molecule has 5 rings (SSSR count). The number of carbonyl (C=O) groups excluding carboxylic acids is 2. The van der Waals surface area contributed by atoms with E-state index in [-0.39, 0.29) is 11.6 Å². The molecule has 1 fully saturated rings. The molecular formula is C34H41FN8O5. The lowest BCUT2D eigenvalue weighted by molar-refractivity contribution is 0.188. The molecule has 0 saturated carbocycles. The van der Waals surface area contributed by atoms with Crippen molar-refractivity contribution in [2.24, 2.45) is 0 Å². The molecule has 1 unspecified atom stereocenters. The van der Waals surface area contributed by atoms with Gasteiger partial charge in [-0.3, -0.25) is 9.69 Å². The van der Waals surface area contributed by atoms with E-state index in [9.17, 15) is 18.8 Å². The van der Waals surface area contributed by atoms with Gasteiger partial charge in [0.05, 0.1) is 49.9 Å². The molecule has 1 aromatic heterocycles. The first kappa shape index (κ1) is 34.0. The van der Waals surface area contributed by atoms with E-state index < -0.39 is 17.9 Å². The minimum atomic E-state index is -0.836. The highest BCUT2D eigenvalue weighted by atomic mass is 19.1. The van der Waals surface area contributed by atoms with Gasteiger partial charge in [-0.05, 0) is 69.6 Å². The summed E-state index contributed by atoms with van der Waals surface area (Å²) in [6.45, 7) is 4.48. The number of piperazine rings is 1. The summed E-state index contributed by atoms with van der Waals surface area (Å²) in [4.78, 5) is 51.3. The van der Waals surface area contributed by atoms with Crippen LogP contribution in [0.3, 0.4) is 0 Å². The van der Waals surface area contributed by atoms with Gasteiger partial charge in [0.25, 0.3) is 5.56 Å². The molecule has 4 amide bonds. The van der Waals surface area contributed by atoms with Gasteiger partial charge >= 0.3 is 12.1 Å². The van der Waals surface area contributed by atoms with Crippen LogP contribution < -0.4 is 35.6 Å². The second-order valence-corrected chi connectivity index (χ2v) is 11.6. The zero-order valence-electron chi connectivity index (χ0n) is 27.8. The highest BCUT2D eigenvalue weighted by Gasteiger charge is 2.33. The molecule has 13 nitrogen and oxygen atoms in total. The summed E-state index contributed by atoms with van der Waals surface area (Å²) in [6, 6.07) is 16.0. The van der Waals surface area contributed by atoms with Crippen LogP contribution in [-0.4, -0.2) is 99.1 Å². The van der Waals surface area contributed by atoms with E-state index in [2.05, 4.69) is 10.6 Å². The highest BCUT2D eigenvalue weighted by Crippen LogP contribution is 2.37. The molecule has 1 saturated heterocycles. The van der Waals surface area contributed by atoms with E-state index in [4.69, 9.17) is 14.5 Å². The number of benzene rings is 3. The summed E-state index contributed by atoms with van der Waals surface area (Å²) < 4.78 is 26.3. The largest absolute Gasteiger partial charge is 0.497 e. The number of likely N-dealkylation sites (N-methyl/N-ethyl adjacent to an activating group) is 1. The first-order chi connectivity index (χ1) is 23.1. The average molecular weight is 661 g/mol. The third-order valence-corrected chi connectivity index (χ3v) is 8.16. The molecule has 2 heterocycles. The number of amides is 4.